The van der Waals surface area contributed by atoms with Crippen molar-refractivity contribution in [1.29, 1.82) is 0 Å². The average Bonchev–Trinajstić information content (AvgIpc) is 2.61. The topological polar surface area (TPSA) is 47.6 Å². The summed E-state index contributed by atoms with van der Waals surface area (Å²) in [5.74, 6) is 1.18. The molecule has 0 aliphatic carbocycles. The second-order valence-electron chi connectivity index (χ2n) is 5.71. The molecule has 0 saturated heterocycles. The number of anilines is 1. The van der Waals surface area contributed by atoms with Crippen LogP contribution in [-0.2, 0) is 17.6 Å². The van der Waals surface area contributed by atoms with Crippen LogP contribution in [0.4, 0.5) is 5.69 Å². The molecule has 0 unspecified atom stereocenters. The monoisotopic (exact) mass is 327 g/mol. The maximum atomic E-state index is 12.2. The van der Waals surface area contributed by atoms with Crippen molar-refractivity contribution in [1.82, 2.24) is 0 Å². The van der Waals surface area contributed by atoms with E-state index in [1.54, 1.807) is 32.4 Å². The molecule has 2 aromatic rings. The zero-order valence-electron chi connectivity index (χ0n) is 14.6. The first-order valence-corrected chi connectivity index (χ1v) is 8.26. The van der Waals surface area contributed by atoms with Crippen molar-refractivity contribution in [3.63, 3.8) is 0 Å². The van der Waals surface area contributed by atoms with Gasteiger partial charge < -0.3 is 14.8 Å². The summed E-state index contributed by atoms with van der Waals surface area (Å²) in [4.78, 5) is 12.2. The lowest BCUT2D eigenvalue weighted by molar-refractivity contribution is -0.115. The van der Waals surface area contributed by atoms with Gasteiger partial charge in [0.1, 0.15) is 0 Å². The number of rotatable bonds is 8. The Hall–Kier alpha value is -2.49. The highest BCUT2D eigenvalue weighted by Gasteiger charge is 2.08. The van der Waals surface area contributed by atoms with Gasteiger partial charge in [-0.2, -0.15) is 0 Å². The summed E-state index contributed by atoms with van der Waals surface area (Å²) >= 11 is 0. The van der Waals surface area contributed by atoms with Crippen LogP contribution in [0.1, 0.15) is 30.9 Å². The van der Waals surface area contributed by atoms with Crippen LogP contribution < -0.4 is 14.8 Å². The predicted octanol–water partition coefficient (Wildman–Crippen LogP) is 4.23. The number of aryl methyl sites for hydroxylation is 1. The van der Waals surface area contributed by atoms with Crippen LogP contribution in [0.25, 0.3) is 0 Å². The molecule has 2 aromatic carbocycles. The van der Waals surface area contributed by atoms with Crippen molar-refractivity contribution < 1.29 is 14.3 Å². The molecule has 0 bridgehead atoms. The number of amides is 1. The van der Waals surface area contributed by atoms with Gasteiger partial charge in [-0.25, -0.2) is 0 Å². The van der Waals surface area contributed by atoms with E-state index in [2.05, 4.69) is 24.4 Å². The van der Waals surface area contributed by atoms with Crippen LogP contribution in [0.2, 0.25) is 0 Å². The minimum atomic E-state index is -0.0523. The van der Waals surface area contributed by atoms with Gasteiger partial charge in [-0.15, -0.1) is 0 Å². The SMILES string of the molecule is CCCCc1ccc(CC(=O)Nc2ccc(OC)c(OC)c2)cc1. The molecular weight excluding hydrogens is 302 g/mol. The zero-order valence-corrected chi connectivity index (χ0v) is 14.6. The highest BCUT2D eigenvalue weighted by molar-refractivity contribution is 5.92. The summed E-state index contributed by atoms with van der Waals surface area (Å²) in [5, 5.41) is 2.89. The summed E-state index contributed by atoms with van der Waals surface area (Å²) in [6.45, 7) is 2.19. The van der Waals surface area contributed by atoms with Crippen LogP contribution in [-0.4, -0.2) is 20.1 Å². The summed E-state index contributed by atoms with van der Waals surface area (Å²) in [6, 6.07) is 13.6. The molecule has 0 aliphatic rings. The lowest BCUT2D eigenvalue weighted by Gasteiger charge is -2.11. The molecule has 128 valence electrons. The fourth-order valence-corrected chi connectivity index (χ4v) is 2.51. The molecule has 1 amide bonds. The smallest absolute Gasteiger partial charge is 0.228 e. The first kappa shape index (κ1) is 17.9. The van der Waals surface area contributed by atoms with Gasteiger partial charge in [0.05, 0.1) is 20.6 Å². The Morgan fingerprint density at radius 1 is 0.958 bits per heavy atom. The molecule has 0 saturated carbocycles. The molecule has 0 atom stereocenters. The number of hydrogen-bond donors (Lipinski definition) is 1. The molecule has 1 N–H and O–H groups in total. The summed E-state index contributed by atoms with van der Waals surface area (Å²) in [7, 11) is 3.16. The molecule has 0 heterocycles. The Morgan fingerprint density at radius 3 is 2.25 bits per heavy atom. The Kier molecular flexibility index (Phi) is 6.67. The minimum absolute atomic E-state index is 0.0523. The fourth-order valence-electron chi connectivity index (χ4n) is 2.51. The summed E-state index contributed by atoms with van der Waals surface area (Å²) < 4.78 is 10.4. The normalized spacial score (nSPS) is 10.3. The number of carbonyl (C=O) groups is 1. The van der Waals surface area contributed by atoms with E-state index in [1.807, 2.05) is 12.1 Å². The van der Waals surface area contributed by atoms with Gasteiger partial charge in [0, 0.05) is 11.8 Å². The van der Waals surface area contributed by atoms with Gasteiger partial charge >= 0.3 is 0 Å². The van der Waals surface area contributed by atoms with Gasteiger partial charge in [-0.05, 0) is 36.1 Å². The second kappa shape index (κ2) is 8.96. The quantitative estimate of drug-likeness (QED) is 0.789. The molecule has 4 heteroatoms. The van der Waals surface area contributed by atoms with Crippen molar-refractivity contribution in [2.24, 2.45) is 0 Å². The number of nitrogens with one attached hydrogen (secondary N) is 1. The third-order valence-electron chi connectivity index (χ3n) is 3.87. The summed E-state index contributed by atoms with van der Waals surface area (Å²) in [6.07, 6.45) is 3.83. The lowest BCUT2D eigenvalue weighted by atomic mass is 10.0. The van der Waals surface area contributed by atoms with Gasteiger partial charge in [0.15, 0.2) is 11.5 Å². The third kappa shape index (κ3) is 5.01. The van der Waals surface area contributed by atoms with Gasteiger partial charge in [-0.1, -0.05) is 37.6 Å². The molecule has 2 rings (SSSR count). The molecule has 0 aliphatic heterocycles. The van der Waals surface area contributed by atoms with Crippen LogP contribution in [0, 0.1) is 0 Å². The second-order valence-corrected chi connectivity index (χ2v) is 5.71. The first-order valence-electron chi connectivity index (χ1n) is 8.26. The molecular formula is C20H25NO3. The Morgan fingerprint density at radius 2 is 1.62 bits per heavy atom. The molecule has 0 fully saturated rings. The van der Waals surface area contributed by atoms with Crippen molar-refractivity contribution >= 4 is 11.6 Å². The van der Waals surface area contributed by atoms with E-state index in [1.165, 1.54) is 18.4 Å². The molecule has 24 heavy (non-hydrogen) atoms. The molecule has 0 spiro atoms. The Labute approximate surface area is 143 Å². The van der Waals surface area contributed by atoms with Crippen LogP contribution in [0.3, 0.4) is 0 Å². The number of hydrogen-bond acceptors (Lipinski definition) is 3. The standard InChI is InChI=1S/C20H25NO3/c1-4-5-6-15-7-9-16(10-8-15)13-20(22)21-17-11-12-18(23-2)19(14-17)24-3/h7-12,14H,4-6,13H2,1-3H3,(H,21,22). The van der Waals surface area contributed by atoms with E-state index in [0.29, 0.717) is 23.6 Å². The largest absolute Gasteiger partial charge is 0.493 e. The fraction of sp³-hybridized carbons (Fsp3) is 0.350. The number of benzene rings is 2. The van der Waals surface area contributed by atoms with Crippen LogP contribution in [0.5, 0.6) is 11.5 Å². The zero-order chi connectivity index (χ0) is 17.4. The number of ether oxygens (including phenoxy) is 2. The lowest BCUT2D eigenvalue weighted by Crippen LogP contribution is -2.14. The number of unbranched alkanes of at least 4 members (excludes halogenated alkanes) is 1. The van der Waals surface area contributed by atoms with Gasteiger partial charge in [0.25, 0.3) is 0 Å². The predicted molar refractivity (Wildman–Crippen MR) is 96.9 cm³/mol. The van der Waals surface area contributed by atoms with Crippen molar-refractivity contribution in [3.8, 4) is 11.5 Å². The van der Waals surface area contributed by atoms with E-state index in [9.17, 15) is 4.79 Å². The first-order chi connectivity index (χ1) is 11.7. The van der Waals surface area contributed by atoms with Crippen LogP contribution >= 0.6 is 0 Å². The highest BCUT2D eigenvalue weighted by Crippen LogP contribution is 2.29. The molecule has 0 aromatic heterocycles. The number of methoxy groups -OCH3 is 2. The Balaban J connectivity index is 1.95. The molecule has 0 radical (unpaired) electrons. The number of carbonyl (C=O) groups excluding carboxylic acids is 1. The highest BCUT2D eigenvalue weighted by atomic mass is 16.5. The van der Waals surface area contributed by atoms with E-state index in [4.69, 9.17) is 9.47 Å². The average molecular weight is 327 g/mol. The minimum Gasteiger partial charge on any atom is -0.493 e. The van der Waals surface area contributed by atoms with Gasteiger partial charge in [-0.3, -0.25) is 4.79 Å². The van der Waals surface area contributed by atoms with Crippen molar-refractivity contribution in [2.75, 3.05) is 19.5 Å². The maximum Gasteiger partial charge on any atom is 0.228 e. The van der Waals surface area contributed by atoms with Crippen molar-refractivity contribution in [3.05, 3.63) is 53.6 Å². The van der Waals surface area contributed by atoms with Crippen molar-refractivity contribution in [2.45, 2.75) is 32.6 Å². The summed E-state index contributed by atoms with van der Waals surface area (Å²) in [5.41, 5.74) is 3.02. The maximum absolute atomic E-state index is 12.2. The Bertz CT molecular complexity index is 665. The van der Waals surface area contributed by atoms with Crippen LogP contribution in [0.15, 0.2) is 42.5 Å². The van der Waals surface area contributed by atoms with E-state index in [-0.39, 0.29) is 5.91 Å². The van der Waals surface area contributed by atoms with E-state index >= 15 is 0 Å². The molecule has 4 nitrogen and oxygen atoms in total. The van der Waals surface area contributed by atoms with E-state index in [0.717, 1.165) is 12.0 Å². The third-order valence-corrected chi connectivity index (χ3v) is 3.87. The van der Waals surface area contributed by atoms with E-state index < -0.39 is 0 Å². The van der Waals surface area contributed by atoms with Gasteiger partial charge in [0.2, 0.25) is 5.91 Å².